The Labute approximate surface area is 109 Å². The van der Waals surface area contributed by atoms with Gasteiger partial charge in [0.15, 0.2) is 5.69 Å². The molecule has 0 bridgehead atoms. The van der Waals surface area contributed by atoms with Gasteiger partial charge in [0.1, 0.15) is 5.75 Å². The van der Waals surface area contributed by atoms with Crippen LogP contribution in [0.15, 0.2) is 18.2 Å². The Morgan fingerprint density at radius 3 is 2.67 bits per heavy atom. The second kappa shape index (κ2) is 5.22. The highest BCUT2D eigenvalue weighted by atomic mass is 35.5. The molecule has 0 heterocycles. The third-order valence-electron chi connectivity index (χ3n) is 2.40. The van der Waals surface area contributed by atoms with Crippen molar-refractivity contribution in [2.24, 2.45) is 5.41 Å². The van der Waals surface area contributed by atoms with Crippen molar-refractivity contribution in [3.05, 3.63) is 28.3 Å². The fourth-order valence-corrected chi connectivity index (χ4v) is 1.27. The van der Waals surface area contributed by atoms with Crippen LogP contribution in [0.3, 0.4) is 0 Å². The van der Waals surface area contributed by atoms with Crippen molar-refractivity contribution in [2.75, 3.05) is 11.2 Å². The normalized spacial score (nSPS) is 11.1. The fraction of sp³-hybridized carbons (Fsp3) is 0.364. The molecule has 1 aromatic carbocycles. The molecule has 0 aliphatic carbocycles. The van der Waals surface area contributed by atoms with E-state index in [0.717, 1.165) is 0 Å². The van der Waals surface area contributed by atoms with Crippen molar-refractivity contribution < 1.29 is 14.8 Å². The summed E-state index contributed by atoms with van der Waals surface area (Å²) in [5.74, 6) is -0.801. The smallest absolute Gasteiger partial charge is 0.296 e. The number of phenolic OH excluding ortho intramolecular Hbond substituents is 1. The molecule has 1 rings (SSSR count). The molecule has 0 spiro atoms. The number of carbonyl (C=O) groups is 1. The van der Waals surface area contributed by atoms with Crippen LogP contribution in [0.2, 0.25) is 0 Å². The Balaban J connectivity index is 3.12. The summed E-state index contributed by atoms with van der Waals surface area (Å²) in [5.41, 5.74) is -1.48. The van der Waals surface area contributed by atoms with Crippen molar-refractivity contribution in [1.29, 1.82) is 0 Å². The van der Waals surface area contributed by atoms with Crippen LogP contribution < -0.4 is 5.32 Å². The summed E-state index contributed by atoms with van der Waals surface area (Å²) >= 11 is 5.64. The van der Waals surface area contributed by atoms with Gasteiger partial charge in [-0.1, -0.05) is 6.07 Å². The maximum absolute atomic E-state index is 11.9. The molecule has 0 saturated heterocycles. The Morgan fingerprint density at radius 1 is 1.56 bits per heavy atom. The number of nitrogens with zero attached hydrogens (tertiary/aromatic N) is 1. The van der Waals surface area contributed by atoms with Gasteiger partial charge in [-0.2, -0.15) is 0 Å². The Bertz CT molecular complexity index is 488. The number of hydrogen-bond acceptors (Lipinski definition) is 4. The standard InChI is InChI=1S/C11H13ClN2O4/c1-11(2,6-12)10(16)13-9-7(14(17)18)4-3-5-8(9)15/h3-5,15H,6H2,1-2H3,(H,13,16). The van der Waals surface area contributed by atoms with Gasteiger partial charge in [0.2, 0.25) is 5.91 Å². The minimum atomic E-state index is -0.891. The van der Waals surface area contributed by atoms with Gasteiger partial charge in [0.05, 0.1) is 10.3 Å². The Morgan fingerprint density at radius 2 is 2.17 bits per heavy atom. The zero-order valence-electron chi connectivity index (χ0n) is 9.94. The number of phenols is 1. The van der Waals surface area contributed by atoms with E-state index in [-0.39, 0.29) is 23.0 Å². The largest absolute Gasteiger partial charge is 0.505 e. The average Bonchev–Trinajstić information content (AvgIpc) is 2.31. The highest BCUT2D eigenvalue weighted by molar-refractivity contribution is 6.20. The van der Waals surface area contributed by atoms with Crippen LogP contribution in [0.4, 0.5) is 11.4 Å². The minimum absolute atomic E-state index is 0.0558. The number of aromatic hydroxyl groups is 1. The lowest BCUT2D eigenvalue weighted by atomic mass is 9.95. The summed E-state index contributed by atoms with van der Waals surface area (Å²) in [6.07, 6.45) is 0. The minimum Gasteiger partial charge on any atom is -0.505 e. The first-order valence-corrected chi connectivity index (χ1v) is 5.67. The van der Waals surface area contributed by atoms with Crippen LogP contribution in [0, 0.1) is 15.5 Å². The van der Waals surface area contributed by atoms with E-state index in [9.17, 15) is 20.0 Å². The number of rotatable bonds is 4. The summed E-state index contributed by atoms with van der Waals surface area (Å²) in [6.45, 7) is 3.20. The zero-order valence-corrected chi connectivity index (χ0v) is 10.7. The highest BCUT2D eigenvalue weighted by Crippen LogP contribution is 2.34. The topological polar surface area (TPSA) is 92.5 Å². The van der Waals surface area contributed by atoms with Crippen LogP contribution in [-0.4, -0.2) is 21.8 Å². The van der Waals surface area contributed by atoms with E-state index in [0.29, 0.717) is 0 Å². The van der Waals surface area contributed by atoms with Crippen molar-refractivity contribution in [1.82, 2.24) is 0 Å². The van der Waals surface area contributed by atoms with E-state index in [1.165, 1.54) is 18.2 Å². The van der Waals surface area contributed by atoms with Crippen LogP contribution in [0.25, 0.3) is 0 Å². The number of nitrogens with one attached hydrogen (secondary N) is 1. The van der Waals surface area contributed by atoms with Crippen molar-refractivity contribution in [3.63, 3.8) is 0 Å². The molecule has 0 saturated carbocycles. The Kier molecular flexibility index (Phi) is 4.13. The number of halogens is 1. The molecule has 0 atom stereocenters. The number of benzene rings is 1. The lowest BCUT2D eigenvalue weighted by Gasteiger charge is -2.20. The van der Waals surface area contributed by atoms with Gasteiger partial charge < -0.3 is 10.4 Å². The highest BCUT2D eigenvalue weighted by Gasteiger charge is 2.29. The third-order valence-corrected chi connectivity index (χ3v) is 3.07. The number of para-hydroxylation sites is 1. The predicted octanol–water partition coefficient (Wildman–Crippen LogP) is 2.50. The average molecular weight is 273 g/mol. The number of amides is 1. The van der Waals surface area contributed by atoms with E-state index in [1.54, 1.807) is 13.8 Å². The molecule has 1 amide bonds. The summed E-state index contributed by atoms with van der Waals surface area (Å²) in [7, 11) is 0. The summed E-state index contributed by atoms with van der Waals surface area (Å²) in [5, 5.41) is 22.7. The molecule has 0 aliphatic heterocycles. The van der Waals surface area contributed by atoms with Crippen molar-refractivity contribution >= 4 is 28.9 Å². The molecule has 1 aromatic rings. The van der Waals surface area contributed by atoms with Gasteiger partial charge in [0.25, 0.3) is 5.69 Å². The molecule has 7 heteroatoms. The first-order valence-electron chi connectivity index (χ1n) is 5.13. The lowest BCUT2D eigenvalue weighted by molar-refractivity contribution is -0.384. The molecular formula is C11H13ClN2O4. The number of hydrogen-bond donors (Lipinski definition) is 2. The maximum atomic E-state index is 11.9. The molecule has 98 valence electrons. The van der Waals surface area contributed by atoms with Crippen LogP contribution in [-0.2, 0) is 4.79 Å². The molecule has 2 N–H and O–H groups in total. The summed E-state index contributed by atoms with van der Waals surface area (Å²) in [4.78, 5) is 22.0. The third kappa shape index (κ3) is 2.89. The van der Waals surface area contributed by atoms with E-state index in [2.05, 4.69) is 5.32 Å². The molecule has 0 aromatic heterocycles. The van der Waals surface area contributed by atoms with E-state index >= 15 is 0 Å². The van der Waals surface area contributed by atoms with Gasteiger partial charge >= 0.3 is 0 Å². The molecule has 0 radical (unpaired) electrons. The molecule has 0 fully saturated rings. The number of carbonyl (C=O) groups excluding carboxylic acids is 1. The summed E-state index contributed by atoms with van der Waals surface area (Å²) < 4.78 is 0. The molecule has 0 aliphatic rings. The van der Waals surface area contributed by atoms with E-state index in [1.807, 2.05) is 0 Å². The number of nitro benzene ring substituents is 1. The predicted molar refractivity (Wildman–Crippen MR) is 67.9 cm³/mol. The van der Waals surface area contributed by atoms with E-state index < -0.39 is 16.2 Å². The van der Waals surface area contributed by atoms with Gasteiger partial charge in [-0.3, -0.25) is 14.9 Å². The van der Waals surface area contributed by atoms with Crippen LogP contribution in [0.5, 0.6) is 5.75 Å². The van der Waals surface area contributed by atoms with Crippen LogP contribution >= 0.6 is 11.6 Å². The number of nitro groups is 1. The monoisotopic (exact) mass is 272 g/mol. The lowest BCUT2D eigenvalue weighted by Crippen LogP contribution is -2.32. The van der Waals surface area contributed by atoms with Crippen molar-refractivity contribution in [2.45, 2.75) is 13.8 Å². The van der Waals surface area contributed by atoms with Gasteiger partial charge in [0, 0.05) is 11.9 Å². The first kappa shape index (κ1) is 14.2. The van der Waals surface area contributed by atoms with Crippen LogP contribution in [0.1, 0.15) is 13.8 Å². The second-order valence-electron chi connectivity index (χ2n) is 4.40. The maximum Gasteiger partial charge on any atom is 0.296 e. The van der Waals surface area contributed by atoms with Gasteiger partial charge in [-0.05, 0) is 19.9 Å². The summed E-state index contributed by atoms with van der Waals surface area (Å²) in [6, 6.07) is 3.79. The second-order valence-corrected chi connectivity index (χ2v) is 4.67. The van der Waals surface area contributed by atoms with E-state index in [4.69, 9.17) is 11.6 Å². The van der Waals surface area contributed by atoms with Gasteiger partial charge in [-0.25, -0.2) is 0 Å². The number of anilines is 1. The quantitative estimate of drug-likeness (QED) is 0.381. The first-order chi connectivity index (χ1) is 8.29. The molecule has 18 heavy (non-hydrogen) atoms. The Hall–Kier alpha value is -1.82. The molecule has 6 nitrogen and oxygen atoms in total. The number of alkyl halides is 1. The zero-order chi connectivity index (χ0) is 13.9. The molecular weight excluding hydrogens is 260 g/mol. The van der Waals surface area contributed by atoms with Crippen molar-refractivity contribution in [3.8, 4) is 5.75 Å². The van der Waals surface area contributed by atoms with Gasteiger partial charge in [-0.15, -0.1) is 11.6 Å². The SMILES string of the molecule is CC(C)(CCl)C(=O)Nc1c(O)cccc1[N+](=O)[O-]. The fourth-order valence-electron chi connectivity index (χ4n) is 1.15. The molecule has 0 unspecified atom stereocenters.